The van der Waals surface area contributed by atoms with Crippen LogP contribution in [0, 0.1) is 0 Å². The van der Waals surface area contributed by atoms with Gasteiger partial charge in [-0.2, -0.15) is 0 Å². The number of hydrogen-bond donors (Lipinski definition) is 0. The second-order valence-corrected chi connectivity index (χ2v) is 4.86. The van der Waals surface area contributed by atoms with E-state index in [1.807, 2.05) is 0 Å². The predicted molar refractivity (Wildman–Crippen MR) is 38.5 cm³/mol. The Hall–Kier alpha value is 1.05. The van der Waals surface area contributed by atoms with Crippen LogP contribution in [-0.4, -0.2) is 18.5 Å². The van der Waals surface area contributed by atoms with Gasteiger partial charge in [0.2, 0.25) is 0 Å². The fraction of sp³-hybridized carbons (Fsp3) is 1.00. The molecule has 0 bridgehead atoms. The summed E-state index contributed by atoms with van der Waals surface area (Å²) in [5.74, 6) is 0. The molecule has 0 aliphatic carbocycles. The molecule has 0 aliphatic rings. The average Bonchev–Trinajstić information content (AvgIpc) is 1.72. The fourth-order valence-corrected chi connectivity index (χ4v) is 2.01. The second-order valence-electron chi connectivity index (χ2n) is 1.62. The summed E-state index contributed by atoms with van der Waals surface area (Å²) in [6.45, 7) is 6.87. The molecule has 0 aromatic heterocycles. The minimum Gasteiger partial charge on any atom is -0.108 e. The van der Waals surface area contributed by atoms with E-state index in [1.54, 1.807) is 0 Å². The van der Waals surface area contributed by atoms with Crippen molar-refractivity contribution in [2.24, 2.45) is 0 Å². The van der Waals surface area contributed by atoms with Gasteiger partial charge in [-0.05, 0) is 18.5 Å². The summed E-state index contributed by atoms with van der Waals surface area (Å²) in [4.78, 5) is 0. The van der Waals surface area contributed by atoms with Crippen molar-refractivity contribution < 1.29 is 19.5 Å². The molecule has 8 heavy (non-hydrogen) atoms. The van der Waals surface area contributed by atoms with Crippen molar-refractivity contribution in [2.45, 2.75) is 20.8 Å². The summed E-state index contributed by atoms with van der Waals surface area (Å²) in [6.07, 6.45) is 4.26. The maximum absolute atomic E-state index is 2.29. The zero-order chi connectivity index (χ0) is 5.70. The normalized spacial score (nSPS) is 9.00. The Morgan fingerprint density at radius 1 is 0.875 bits per heavy atom. The van der Waals surface area contributed by atoms with Gasteiger partial charge in [0.1, 0.15) is 0 Å². The molecule has 0 aromatic rings. The van der Waals surface area contributed by atoms with Gasteiger partial charge in [0.25, 0.3) is 0 Å². The molecule has 0 fully saturated rings. The van der Waals surface area contributed by atoms with Gasteiger partial charge in [-0.1, -0.05) is 20.8 Å². The second kappa shape index (κ2) is 8.05. The Morgan fingerprint density at radius 2 is 1.12 bits per heavy atom. The smallest absolute Gasteiger partial charge is 0 e. The number of hydrogen-bond acceptors (Lipinski definition) is 0. The van der Waals surface area contributed by atoms with E-state index < -0.39 is 0 Å². The molecule has 1 radical (unpaired) electrons. The van der Waals surface area contributed by atoms with Gasteiger partial charge in [0, 0.05) is 19.5 Å². The van der Waals surface area contributed by atoms with E-state index >= 15 is 0 Å². The molecule has 0 aliphatic heterocycles. The molecular weight excluding hydrogens is 206 g/mol. The summed E-state index contributed by atoms with van der Waals surface area (Å²) in [6, 6.07) is 0. The van der Waals surface area contributed by atoms with E-state index in [-0.39, 0.29) is 19.5 Å². The molecule has 0 saturated heterocycles. The quantitative estimate of drug-likeness (QED) is 0.507. The van der Waals surface area contributed by atoms with E-state index in [4.69, 9.17) is 0 Å². The van der Waals surface area contributed by atoms with Gasteiger partial charge < -0.3 is 0 Å². The van der Waals surface area contributed by atoms with E-state index in [2.05, 4.69) is 20.8 Å². The first-order valence-corrected chi connectivity index (χ1v) is 4.97. The topological polar surface area (TPSA) is 0 Å². The van der Waals surface area contributed by atoms with Gasteiger partial charge in [-0.25, -0.2) is 0 Å². The zero-order valence-corrected chi connectivity index (χ0v) is 8.43. The number of rotatable bonds is 3. The molecule has 2 heteroatoms. The van der Waals surface area contributed by atoms with E-state index in [1.165, 1.54) is 18.5 Å². The van der Waals surface area contributed by atoms with Crippen LogP contribution in [0.5, 0.6) is 0 Å². The molecule has 0 unspecified atom stereocenters. The van der Waals surface area contributed by atoms with Crippen molar-refractivity contribution in [2.75, 3.05) is 18.5 Å². The van der Waals surface area contributed by atoms with Crippen LogP contribution in [0.1, 0.15) is 20.8 Å². The van der Waals surface area contributed by atoms with Crippen LogP contribution in [0.4, 0.5) is 0 Å². The molecule has 0 atom stereocenters. The molecule has 0 N–H and O–H groups in total. The third-order valence-corrected chi connectivity index (χ3v) is 4.02. The van der Waals surface area contributed by atoms with Gasteiger partial charge in [-0.15, -0.1) is 7.92 Å². The van der Waals surface area contributed by atoms with Crippen molar-refractivity contribution in [1.29, 1.82) is 0 Å². The van der Waals surface area contributed by atoms with Gasteiger partial charge in [0.05, 0.1) is 0 Å². The van der Waals surface area contributed by atoms with Crippen molar-refractivity contribution in [3.8, 4) is 0 Å². The molecule has 0 spiro atoms. The SMILES string of the molecule is CCP(CC)CC.[Rh]. The first-order valence-electron chi connectivity index (χ1n) is 3.07. The largest absolute Gasteiger partial charge is 0.108 e. The summed E-state index contributed by atoms with van der Waals surface area (Å²) in [5.41, 5.74) is 0. The van der Waals surface area contributed by atoms with E-state index in [9.17, 15) is 0 Å². The molecule has 0 amide bonds. The molecule has 0 aromatic carbocycles. The van der Waals surface area contributed by atoms with Gasteiger partial charge >= 0.3 is 0 Å². The third-order valence-electron chi connectivity index (χ3n) is 1.34. The minimum atomic E-state index is 0. The van der Waals surface area contributed by atoms with Crippen LogP contribution in [0.2, 0.25) is 0 Å². The monoisotopic (exact) mass is 221 g/mol. The minimum absolute atomic E-state index is 0. The molecule has 0 nitrogen and oxygen atoms in total. The fourth-order valence-electron chi connectivity index (χ4n) is 0.671. The summed E-state index contributed by atoms with van der Waals surface area (Å²) >= 11 is 0. The molecule has 53 valence electrons. The summed E-state index contributed by atoms with van der Waals surface area (Å²) < 4.78 is 0. The van der Waals surface area contributed by atoms with Crippen molar-refractivity contribution in [3.05, 3.63) is 0 Å². The standard InChI is InChI=1S/C6H15P.Rh/c1-4-7(5-2)6-3;/h4-6H2,1-3H3;. The molecule has 0 saturated carbocycles. The molecule has 0 rings (SSSR count). The van der Waals surface area contributed by atoms with Crippen LogP contribution in [-0.2, 0) is 19.5 Å². The first kappa shape index (κ1) is 11.8. The molecular formula is C6H15PRh. The maximum Gasteiger partial charge on any atom is 0 e. The first-order chi connectivity index (χ1) is 3.35. The third kappa shape index (κ3) is 5.20. The van der Waals surface area contributed by atoms with Gasteiger partial charge in [0.15, 0.2) is 0 Å². The van der Waals surface area contributed by atoms with Crippen LogP contribution in [0.3, 0.4) is 0 Å². The Kier molecular flexibility index (Phi) is 11.9. The van der Waals surface area contributed by atoms with Crippen LogP contribution in [0.15, 0.2) is 0 Å². The summed E-state index contributed by atoms with van der Waals surface area (Å²) in [7, 11) is 0.446. The predicted octanol–water partition coefficient (Wildman–Crippen LogP) is 2.53. The summed E-state index contributed by atoms with van der Waals surface area (Å²) in [5, 5.41) is 0. The van der Waals surface area contributed by atoms with Crippen molar-refractivity contribution in [3.63, 3.8) is 0 Å². The Bertz CT molecular complexity index is 30.0. The van der Waals surface area contributed by atoms with Crippen molar-refractivity contribution >= 4 is 7.92 Å². The van der Waals surface area contributed by atoms with E-state index in [0.29, 0.717) is 7.92 Å². The van der Waals surface area contributed by atoms with E-state index in [0.717, 1.165) is 0 Å². The van der Waals surface area contributed by atoms with Crippen LogP contribution >= 0.6 is 7.92 Å². The van der Waals surface area contributed by atoms with Gasteiger partial charge in [-0.3, -0.25) is 0 Å². The Labute approximate surface area is 66.9 Å². The maximum atomic E-state index is 2.29. The van der Waals surface area contributed by atoms with Crippen molar-refractivity contribution in [1.82, 2.24) is 0 Å². The zero-order valence-electron chi connectivity index (χ0n) is 5.90. The van der Waals surface area contributed by atoms with Crippen LogP contribution in [0.25, 0.3) is 0 Å². The Balaban J connectivity index is 0. The Morgan fingerprint density at radius 3 is 1.12 bits per heavy atom. The average molecular weight is 221 g/mol. The molecule has 0 heterocycles. The van der Waals surface area contributed by atoms with Crippen LogP contribution < -0.4 is 0 Å².